The van der Waals surface area contributed by atoms with Crippen LogP contribution < -0.4 is 10.9 Å². The Bertz CT molecular complexity index is 1240. The third-order valence-corrected chi connectivity index (χ3v) is 10.1. The minimum Gasteiger partial charge on any atom is -0.347 e. The molecule has 0 aromatic heterocycles. The van der Waals surface area contributed by atoms with E-state index in [4.69, 9.17) is 46.4 Å². The van der Waals surface area contributed by atoms with Crippen molar-refractivity contribution in [2.75, 3.05) is 14.1 Å². The highest BCUT2D eigenvalue weighted by Crippen LogP contribution is 2.35. The summed E-state index contributed by atoms with van der Waals surface area (Å²) in [5.41, 5.74) is 8.83. The first-order chi connectivity index (χ1) is 24.0. The molecule has 7 rings (SSSR count). The second kappa shape index (κ2) is 23.8. The lowest BCUT2D eigenvalue weighted by Crippen LogP contribution is -2.54. The lowest BCUT2D eigenvalue weighted by atomic mass is 9.27. The maximum absolute atomic E-state index is 5.30. The first-order valence-electron chi connectivity index (χ1n) is 19.9. The van der Waals surface area contributed by atoms with E-state index >= 15 is 0 Å². The Hall–Kier alpha value is -0.830. The van der Waals surface area contributed by atoms with E-state index in [0.717, 1.165) is 6.85 Å². The van der Waals surface area contributed by atoms with Gasteiger partial charge in [0.2, 0.25) is 13.6 Å². The van der Waals surface area contributed by atoms with Crippen molar-refractivity contribution in [3.63, 3.8) is 0 Å². The van der Waals surface area contributed by atoms with Gasteiger partial charge in [-0.2, -0.15) is 0 Å². The lowest BCUT2D eigenvalue weighted by Gasteiger charge is -2.38. The molecule has 1 saturated heterocycles. The summed E-state index contributed by atoms with van der Waals surface area (Å²) < 4.78 is -1.11. The van der Waals surface area contributed by atoms with E-state index in [2.05, 4.69) is 100 Å². The maximum Gasteiger partial charge on any atom is 0.222 e. The molecule has 2 aromatic rings. The van der Waals surface area contributed by atoms with Gasteiger partial charge in [0.15, 0.2) is 0 Å². The zero-order chi connectivity index (χ0) is 38.0. The number of aryl methyl sites for hydroxylation is 3. The molecule has 0 spiro atoms. The fourth-order valence-corrected chi connectivity index (χ4v) is 7.94. The smallest absolute Gasteiger partial charge is 0.222 e. The van der Waals surface area contributed by atoms with E-state index in [1.54, 1.807) is 27.7 Å². The average Bonchev–Trinajstić information content (AvgIpc) is 3.86. The number of hydrogen-bond acceptors (Lipinski definition) is 1. The van der Waals surface area contributed by atoms with Crippen LogP contribution in [0.3, 0.4) is 0 Å². The van der Waals surface area contributed by atoms with Crippen molar-refractivity contribution < 1.29 is 0 Å². The molecule has 0 N–H and O–H groups in total. The van der Waals surface area contributed by atoms with Crippen LogP contribution in [0.1, 0.15) is 127 Å². The molecule has 2 heterocycles. The Labute approximate surface area is 335 Å². The molecule has 284 valence electrons. The molecule has 2 atom stereocenters. The molecule has 2 aromatic carbocycles. The normalized spacial score (nSPS) is 20.2. The third-order valence-electron chi connectivity index (χ3n) is 10.1. The number of allylic oxidation sites excluding steroid dienone is 4. The van der Waals surface area contributed by atoms with Gasteiger partial charge < -0.3 is 4.81 Å². The van der Waals surface area contributed by atoms with Gasteiger partial charge in [-0.25, -0.2) is 0 Å². The van der Waals surface area contributed by atoms with E-state index in [9.17, 15) is 0 Å². The van der Waals surface area contributed by atoms with Gasteiger partial charge in [-0.1, -0.05) is 184 Å². The van der Waals surface area contributed by atoms with Crippen molar-refractivity contribution in [2.24, 2.45) is 5.92 Å². The summed E-state index contributed by atoms with van der Waals surface area (Å²) in [4.78, 5) is 2.34. The van der Waals surface area contributed by atoms with Crippen LogP contribution >= 0.6 is 46.4 Å². The molecule has 0 amide bonds. The SMILES string of the molecule is C1CCCC1.C1CCCC1.CC(C)(Cl)Cl.CC(C)(Cl)Cl.CN(C)B1CCCC1.Cc1cc(C)c(B2c3ccccc3CC3C=CC=CC23)c(C)c1. The van der Waals surface area contributed by atoms with Crippen LogP contribution in [-0.4, -0.2) is 41.1 Å². The van der Waals surface area contributed by atoms with E-state index in [0.29, 0.717) is 18.4 Å². The minimum atomic E-state index is -0.556. The summed E-state index contributed by atoms with van der Waals surface area (Å²) >= 11 is 21.2. The Kier molecular flexibility index (Phi) is 21.7. The molecule has 2 aliphatic heterocycles. The number of nitrogens with zero attached hydrogens (tertiary/aromatic N) is 1. The van der Waals surface area contributed by atoms with Crippen LogP contribution in [0, 0.1) is 26.7 Å². The van der Waals surface area contributed by atoms with E-state index < -0.39 is 8.67 Å². The van der Waals surface area contributed by atoms with Crippen LogP contribution in [0.25, 0.3) is 0 Å². The summed E-state index contributed by atoms with van der Waals surface area (Å²) in [5, 5.41) is 0. The molecule has 1 nitrogen and oxygen atoms in total. The standard InChI is InChI=1S/C22H23B.C6H14BN.2C5H10.2C3H6Cl2/c1-15-12-16(2)22(17(3)13-15)23-20-10-6-4-8-18(20)14-19-9-5-7-11-21(19)23;1-8(2)7-5-3-4-6-7;2*1-2-4-5-3-1;2*1-3(2,4)5/h4-13,18,20H,14H2,1-3H3;3-6H2,1-2H3;2*1-5H2;2*1-2H3. The van der Waals surface area contributed by atoms with Crippen molar-refractivity contribution >= 4 is 70.9 Å². The van der Waals surface area contributed by atoms with E-state index in [1.165, 1.54) is 129 Å². The monoisotopic (exact) mass is 773 g/mol. The fraction of sp³-hybridized carbons (Fsp3) is 0.636. The molecule has 7 heteroatoms. The molecule has 2 unspecified atom stereocenters. The predicted molar refractivity (Wildman–Crippen MR) is 237 cm³/mol. The molecule has 51 heavy (non-hydrogen) atoms. The highest BCUT2D eigenvalue weighted by Gasteiger charge is 2.39. The van der Waals surface area contributed by atoms with Gasteiger partial charge in [-0.05, 0) is 80.7 Å². The second-order valence-electron chi connectivity index (χ2n) is 16.3. The first kappa shape index (κ1) is 46.3. The molecule has 5 aliphatic rings. The molecule has 3 fully saturated rings. The minimum absolute atomic E-state index is 0.478. The Balaban J connectivity index is 0.000000261. The number of fused-ring (bicyclic) bond motifs is 2. The van der Waals surface area contributed by atoms with Crippen LogP contribution in [0.2, 0.25) is 18.5 Å². The van der Waals surface area contributed by atoms with Gasteiger partial charge >= 0.3 is 0 Å². The summed E-state index contributed by atoms with van der Waals surface area (Å²) in [6, 6.07) is 13.7. The Morgan fingerprint density at radius 3 is 1.45 bits per heavy atom. The summed E-state index contributed by atoms with van der Waals surface area (Å²) in [6.07, 6.45) is 31.2. The van der Waals surface area contributed by atoms with Gasteiger partial charge in [-0.15, -0.1) is 46.4 Å². The maximum atomic E-state index is 5.30. The fourth-order valence-electron chi connectivity index (χ4n) is 7.94. The highest BCUT2D eigenvalue weighted by molar-refractivity contribution is 6.88. The van der Waals surface area contributed by atoms with Crippen LogP contribution in [0.4, 0.5) is 0 Å². The molecule has 3 aliphatic carbocycles. The molecular formula is C44H69B2Cl4N. The zero-order valence-corrected chi connectivity index (χ0v) is 36.7. The van der Waals surface area contributed by atoms with Crippen molar-refractivity contribution in [1.29, 1.82) is 0 Å². The van der Waals surface area contributed by atoms with E-state index in [1.807, 2.05) is 0 Å². The average molecular weight is 775 g/mol. The topological polar surface area (TPSA) is 3.24 Å². The van der Waals surface area contributed by atoms with Crippen LogP contribution in [0.15, 0.2) is 60.7 Å². The predicted octanol–water partition coefficient (Wildman–Crippen LogP) is 13.5. The van der Waals surface area contributed by atoms with E-state index in [-0.39, 0.29) is 0 Å². The third kappa shape index (κ3) is 19.9. The number of halogens is 4. The number of hydrogen-bond donors (Lipinski definition) is 0. The first-order valence-corrected chi connectivity index (χ1v) is 21.4. The molecule has 0 bridgehead atoms. The quantitative estimate of drug-likeness (QED) is 0.217. The van der Waals surface area contributed by atoms with Gasteiger partial charge in [0.1, 0.15) is 8.67 Å². The van der Waals surface area contributed by atoms with Gasteiger partial charge in [0.05, 0.1) is 0 Å². The Morgan fingerprint density at radius 2 is 1.04 bits per heavy atom. The van der Waals surface area contributed by atoms with Crippen molar-refractivity contribution in [3.8, 4) is 0 Å². The van der Waals surface area contributed by atoms with Crippen LogP contribution in [-0.2, 0) is 6.42 Å². The van der Waals surface area contributed by atoms with Gasteiger partial charge in [0.25, 0.3) is 0 Å². The summed E-state index contributed by atoms with van der Waals surface area (Å²) in [7, 11) is 4.35. The Morgan fingerprint density at radius 1 is 0.627 bits per heavy atom. The molecule has 2 saturated carbocycles. The summed E-state index contributed by atoms with van der Waals surface area (Å²) in [5.74, 6) is 1.20. The number of benzene rings is 2. The second-order valence-corrected chi connectivity index (χ2v) is 20.5. The number of rotatable bonds is 2. The molecular weight excluding hydrogens is 706 g/mol. The van der Waals surface area contributed by atoms with Crippen molar-refractivity contribution in [3.05, 3.63) is 83.0 Å². The van der Waals surface area contributed by atoms with Crippen molar-refractivity contribution in [1.82, 2.24) is 4.81 Å². The zero-order valence-electron chi connectivity index (χ0n) is 33.6. The molecule has 0 radical (unpaired) electrons. The van der Waals surface area contributed by atoms with Crippen LogP contribution in [0.5, 0.6) is 0 Å². The van der Waals surface area contributed by atoms with Gasteiger partial charge in [0, 0.05) is 0 Å². The highest BCUT2D eigenvalue weighted by atomic mass is 35.5. The number of alkyl halides is 4. The van der Waals surface area contributed by atoms with Gasteiger partial charge in [-0.3, -0.25) is 0 Å². The van der Waals surface area contributed by atoms with Crippen molar-refractivity contribution in [2.45, 2.75) is 159 Å². The lowest BCUT2D eigenvalue weighted by molar-refractivity contribution is 0.637. The largest absolute Gasteiger partial charge is 0.347 e. The summed E-state index contributed by atoms with van der Waals surface area (Å²) in [6.45, 7) is 15.0.